The molecule has 1 N–H and O–H groups in total. The van der Waals surface area contributed by atoms with Gasteiger partial charge in [-0.1, -0.05) is 12.1 Å². The molecule has 6 heteroatoms. The number of anilines is 1. The molecule has 1 aliphatic rings. The number of likely N-dealkylation sites (N-methyl/N-ethyl adjacent to an activating group) is 1. The average molecular weight is 393 g/mol. The number of likely N-dealkylation sites (tertiary alicyclic amines) is 1. The number of benzene rings is 2. The summed E-state index contributed by atoms with van der Waals surface area (Å²) in [5.74, 6) is -0.354. The monoisotopic (exact) mass is 393 g/mol. The normalized spacial score (nSPS) is 16.1. The van der Waals surface area contributed by atoms with E-state index in [1.165, 1.54) is 12.7 Å². The molecule has 0 saturated carbocycles. The van der Waals surface area contributed by atoms with Gasteiger partial charge in [0.2, 0.25) is 0 Å². The third-order valence-corrected chi connectivity index (χ3v) is 5.54. The van der Waals surface area contributed by atoms with Crippen molar-refractivity contribution in [1.29, 1.82) is 5.26 Å². The molecule has 6 nitrogen and oxygen atoms in total. The van der Waals surface area contributed by atoms with Crippen LogP contribution in [0.15, 0.2) is 48.5 Å². The lowest BCUT2D eigenvalue weighted by Crippen LogP contribution is -2.50. The van der Waals surface area contributed by atoms with Gasteiger partial charge in [-0.2, -0.15) is 5.26 Å². The fourth-order valence-corrected chi connectivity index (χ4v) is 3.73. The Morgan fingerprint density at radius 2 is 1.79 bits per heavy atom. The first-order valence-corrected chi connectivity index (χ1v) is 9.76. The number of rotatable bonds is 6. The highest BCUT2D eigenvalue weighted by molar-refractivity contribution is 5.89. The number of aliphatic hydroxyl groups is 1. The van der Waals surface area contributed by atoms with Crippen LogP contribution < -0.4 is 4.90 Å². The summed E-state index contributed by atoms with van der Waals surface area (Å²) >= 11 is 0. The van der Waals surface area contributed by atoms with Crippen molar-refractivity contribution in [3.05, 3.63) is 65.2 Å². The first kappa shape index (κ1) is 20.8. The molecule has 3 rings (SSSR count). The maximum atomic E-state index is 11.6. The molecule has 2 aromatic rings. The van der Waals surface area contributed by atoms with Crippen LogP contribution in [-0.4, -0.2) is 55.4 Å². The van der Waals surface area contributed by atoms with Crippen LogP contribution in [0.3, 0.4) is 0 Å². The molecule has 29 heavy (non-hydrogen) atoms. The lowest BCUT2D eigenvalue weighted by Gasteiger charge is -2.40. The molecule has 0 unspecified atom stereocenters. The first-order chi connectivity index (χ1) is 13.9. The zero-order chi connectivity index (χ0) is 20.9. The van der Waals surface area contributed by atoms with Crippen LogP contribution in [0, 0.1) is 11.3 Å². The molecule has 2 aromatic carbocycles. The molecule has 0 spiro atoms. The molecule has 0 amide bonds. The van der Waals surface area contributed by atoms with Gasteiger partial charge in [0.1, 0.15) is 0 Å². The van der Waals surface area contributed by atoms with Crippen molar-refractivity contribution < 1.29 is 14.6 Å². The van der Waals surface area contributed by atoms with Gasteiger partial charge in [-0.05, 0) is 54.8 Å². The van der Waals surface area contributed by atoms with Crippen LogP contribution in [-0.2, 0) is 11.3 Å². The third kappa shape index (κ3) is 5.35. The minimum absolute atomic E-state index is 0.354. The molecule has 0 aromatic heterocycles. The molecule has 0 radical (unpaired) electrons. The van der Waals surface area contributed by atoms with E-state index in [9.17, 15) is 9.90 Å². The Labute approximate surface area is 171 Å². The van der Waals surface area contributed by atoms with E-state index in [2.05, 4.69) is 11.0 Å². The molecule has 0 atom stereocenters. The van der Waals surface area contributed by atoms with Crippen LogP contribution in [0.5, 0.6) is 0 Å². The fraction of sp³-hybridized carbons (Fsp3) is 0.391. The second-order valence-corrected chi connectivity index (χ2v) is 7.70. The molecule has 1 heterocycles. The number of piperidine rings is 1. The summed E-state index contributed by atoms with van der Waals surface area (Å²) in [5.41, 5.74) is 2.57. The first-order valence-electron chi connectivity index (χ1n) is 9.76. The van der Waals surface area contributed by atoms with E-state index in [0.29, 0.717) is 30.5 Å². The fourth-order valence-electron chi connectivity index (χ4n) is 3.73. The minimum Gasteiger partial charge on any atom is -0.465 e. The summed E-state index contributed by atoms with van der Waals surface area (Å²) in [7, 11) is 3.32. The van der Waals surface area contributed by atoms with E-state index < -0.39 is 5.60 Å². The number of methoxy groups -OCH3 is 1. The van der Waals surface area contributed by atoms with E-state index in [1.807, 2.05) is 48.3 Å². The van der Waals surface area contributed by atoms with Crippen molar-refractivity contribution in [2.75, 3.05) is 38.7 Å². The van der Waals surface area contributed by atoms with Crippen molar-refractivity contribution in [2.45, 2.75) is 25.0 Å². The summed E-state index contributed by atoms with van der Waals surface area (Å²) in [6.07, 6.45) is 1.40. The van der Waals surface area contributed by atoms with Crippen LogP contribution in [0.4, 0.5) is 5.69 Å². The van der Waals surface area contributed by atoms with Gasteiger partial charge in [-0.15, -0.1) is 0 Å². The molecule has 1 fully saturated rings. The standard InChI is InChI=1S/C23H27N3O3/c1-25(21-9-7-20(8-10-21)22(27)29-2)17-23(28)11-13-26(14-12-23)16-19-5-3-18(15-24)4-6-19/h3-10,28H,11-14,16-17H2,1-2H3. The van der Waals surface area contributed by atoms with Gasteiger partial charge in [0.25, 0.3) is 0 Å². The summed E-state index contributed by atoms with van der Waals surface area (Å²) < 4.78 is 4.73. The summed E-state index contributed by atoms with van der Waals surface area (Å²) in [6, 6.07) is 17.0. The van der Waals surface area contributed by atoms with Crippen molar-refractivity contribution in [3.63, 3.8) is 0 Å². The Morgan fingerprint density at radius 1 is 1.17 bits per heavy atom. The van der Waals surface area contributed by atoms with E-state index in [1.54, 1.807) is 12.1 Å². The number of esters is 1. The number of hydrogen-bond donors (Lipinski definition) is 1. The number of nitriles is 1. The van der Waals surface area contributed by atoms with Crippen molar-refractivity contribution in [3.8, 4) is 6.07 Å². The number of carbonyl (C=O) groups excluding carboxylic acids is 1. The van der Waals surface area contributed by atoms with Gasteiger partial charge < -0.3 is 14.7 Å². The molecular weight excluding hydrogens is 366 g/mol. The Bertz CT molecular complexity index is 864. The van der Waals surface area contributed by atoms with Crippen molar-refractivity contribution >= 4 is 11.7 Å². The molecule has 0 bridgehead atoms. The zero-order valence-electron chi connectivity index (χ0n) is 17.0. The van der Waals surface area contributed by atoms with Crippen LogP contribution in [0.1, 0.15) is 34.3 Å². The highest BCUT2D eigenvalue weighted by Crippen LogP contribution is 2.26. The molecular formula is C23H27N3O3. The van der Waals surface area contributed by atoms with E-state index >= 15 is 0 Å². The molecule has 1 saturated heterocycles. The van der Waals surface area contributed by atoms with Crippen LogP contribution in [0.25, 0.3) is 0 Å². The molecule has 152 valence electrons. The highest BCUT2D eigenvalue weighted by Gasteiger charge is 2.33. The predicted molar refractivity (Wildman–Crippen MR) is 112 cm³/mol. The number of hydrogen-bond acceptors (Lipinski definition) is 6. The lowest BCUT2D eigenvalue weighted by atomic mass is 9.90. The van der Waals surface area contributed by atoms with Gasteiger partial charge in [-0.25, -0.2) is 4.79 Å². The van der Waals surface area contributed by atoms with E-state index in [4.69, 9.17) is 10.00 Å². The smallest absolute Gasteiger partial charge is 0.337 e. The van der Waals surface area contributed by atoms with Gasteiger partial charge in [0, 0.05) is 38.9 Å². The number of carbonyl (C=O) groups is 1. The van der Waals surface area contributed by atoms with Crippen molar-refractivity contribution in [2.24, 2.45) is 0 Å². The molecule has 1 aliphatic heterocycles. The topological polar surface area (TPSA) is 76.8 Å². The number of nitrogens with zero attached hydrogens (tertiary/aromatic N) is 3. The van der Waals surface area contributed by atoms with Crippen molar-refractivity contribution in [1.82, 2.24) is 4.90 Å². The maximum Gasteiger partial charge on any atom is 0.337 e. The van der Waals surface area contributed by atoms with Gasteiger partial charge in [0.15, 0.2) is 0 Å². The number of ether oxygens (including phenoxy) is 1. The SMILES string of the molecule is COC(=O)c1ccc(N(C)CC2(O)CCN(Cc3ccc(C#N)cc3)CC2)cc1. The minimum atomic E-state index is -0.739. The largest absolute Gasteiger partial charge is 0.465 e. The second-order valence-electron chi connectivity index (χ2n) is 7.70. The second kappa shape index (κ2) is 9.08. The predicted octanol–water partition coefficient (Wildman–Crippen LogP) is 2.81. The summed E-state index contributed by atoms with van der Waals surface area (Å²) in [6.45, 7) is 3.01. The third-order valence-electron chi connectivity index (χ3n) is 5.54. The summed E-state index contributed by atoms with van der Waals surface area (Å²) in [5, 5.41) is 20.0. The quantitative estimate of drug-likeness (QED) is 0.761. The summed E-state index contributed by atoms with van der Waals surface area (Å²) in [4.78, 5) is 15.9. The average Bonchev–Trinajstić information content (AvgIpc) is 2.75. The van der Waals surface area contributed by atoms with Gasteiger partial charge >= 0.3 is 5.97 Å². The Hall–Kier alpha value is -2.88. The maximum absolute atomic E-state index is 11.6. The molecule has 0 aliphatic carbocycles. The highest BCUT2D eigenvalue weighted by atomic mass is 16.5. The van der Waals surface area contributed by atoms with E-state index in [-0.39, 0.29) is 5.97 Å². The van der Waals surface area contributed by atoms with Gasteiger partial charge in [0.05, 0.1) is 29.9 Å². The Balaban J connectivity index is 1.53. The van der Waals surface area contributed by atoms with Gasteiger partial charge in [-0.3, -0.25) is 4.90 Å². The lowest BCUT2D eigenvalue weighted by molar-refractivity contribution is -0.0159. The van der Waals surface area contributed by atoms with E-state index in [0.717, 1.165) is 25.3 Å². The van der Waals surface area contributed by atoms with Crippen LogP contribution in [0.2, 0.25) is 0 Å². The Morgan fingerprint density at radius 3 is 2.34 bits per heavy atom. The van der Waals surface area contributed by atoms with Crippen LogP contribution >= 0.6 is 0 Å². The zero-order valence-corrected chi connectivity index (χ0v) is 17.0. The Kier molecular flexibility index (Phi) is 6.53.